The molecule has 1 unspecified atom stereocenters. The molecule has 1 fully saturated rings. The maximum absolute atomic E-state index is 4.30. The Hall–Kier alpha value is -0.770. The van der Waals surface area contributed by atoms with Gasteiger partial charge in [0, 0.05) is 26.2 Å². The quantitative estimate of drug-likeness (QED) is 0.581. The van der Waals surface area contributed by atoms with E-state index in [1.165, 1.54) is 38.8 Å². The zero-order valence-corrected chi connectivity index (χ0v) is 13.9. The Bertz CT molecular complexity index is 268. The highest BCUT2D eigenvalue weighted by molar-refractivity contribution is 5.79. The van der Waals surface area contributed by atoms with Gasteiger partial charge >= 0.3 is 0 Å². The maximum atomic E-state index is 4.30. The summed E-state index contributed by atoms with van der Waals surface area (Å²) in [6.45, 7) is 11.3. The lowest BCUT2D eigenvalue weighted by Gasteiger charge is -2.34. The summed E-state index contributed by atoms with van der Waals surface area (Å²) >= 11 is 0. The van der Waals surface area contributed by atoms with Crippen molar-refractivity contribution in [2.75, 3.05) is 33.2 Å². The van der Waals surface area contributed by atoms with Crippen molar-refractivity contribution in [1.29, 1.82) is 0 Å². The number of hydrogen-bond donors (Lipinski definition) is 2. The third kappa shape index (κ3) is 6.12. The lowest BCUT2D eigenvalue weighted by atomic mass is 10.0. The SMILES string of the molecule is CCCNC(=NC)NCC(C(C)C)N1CCCCCC1. The van der Waals surface area contributed by atoms with Crippen LogP contribution < -0.4 is 10.6 Å². The summed E-state index contributed by atoms with van der Waals surface area (Å²) in [6, 6.07) is 0.605. The Kier molecular flexibility index (Phi) is 8.67. The molecule has 1 aliphatic rings. The average Bonchev–Trinajstić information content (AvgIpc) is 2.71. The molecule has 0 aromatic rings. The van der Waals surface area contributed by atoms with E-state index in [1.54, 1.807) is 0 Å². The molecule has 1 aliphatic heterocycles. The summed E-state index contributed by atoms with van der Waals surface area (Å²) in [5.74, 6) is 1.61. The largest absolute Gasteiger partial charge is 0.356 e. The van der Waals surface area contributed by atoms with Gasteiger partial charge in [0.15, 0.2) is 5.96 Å². The number of guanidine groups is 1. The van der Waals surface area contributed by atoms with E-state index in [-0.39, 0.29) is 0 Å². The number of nitrogens with one attached hydrogen (secondary N) is 2. The van der Waals surface area contributed by atoms with Crippen molar-refractivity contribution >= 4 is 5.96 Å². The Morgan fingerprint density at radius 2 is 1.75 bits per heavy atom. The third-order valence-corrected chi connectivity index (χ3v) is 4.12. The van der Waals surface area contributed by atoms with Gasteiger partial charge in [-0.3, -0.25) is 9.89 Å². The molecule has 1 heterocycles. The van der Waals surface area contributed by atoms with Crippen molar-refractivity contribution in [2.24, 2.45) is 10.9 Å². The van der Waals surface area contributed by atoms with Crippen LogP contribution in [0.1, 0.15) is 52.9 Å². The molecule has 0 bridgehead atoms. The van der Waals surface area contributed by atoms with Crippen molar-refractivity contribution in [3.05, 3.63) is 0 Å². The number of aliphatic imine (C=N–C) groups is 1. The predicted octanol–water partition coefficient (Wildman–Crippen LogP) is 2.46. The van der Waals surface area contributed by atoms with E-state index in [9.17, 15) is 0 Å². The van der Waals surface area contributed by atoms with Crippen LogP contribution in [0.25, 0.3) is 0 Å². The van der Waals surface area contributed by atoms with Crippen LogP contribution in [0.2, 0.25) is 0 Å². The molecule has 4 nitrogen and oxygen atoms in total. The van der Waals surface area contributed by atoms with E-state index in [0.29, 0.717) is 12.0 Å². The first-order chi connectivity index (χ1) is 9.69. The molecule has 0 saturated carbocycles. The third-order valence-electron chi connectivity index (χ3n) is 4.12. The highest BCUT2D eigenvalue weighted by Crippen LogP contribution is 2.16. The summed E-state index contributed by atoms with van der Waals surface area (Å²) in [5, 5.41) is 6.85. The van der Waals surface area contributed by atoms with Crippen molar-refractivity contribution in [2.45, 2.75) is 58.9 Å². The molecule has 0 aromatic carbocycles. The van der Waals surface area contributed by atoms with E-state index in [2.05, 4.69) is 41.3 Å². The van der Waals surface area contributed by atoms with Gasteiger partial charge in [-0.25, -0.2) is 0 Å². The lowest BCUT2D eigenvalue weighted by molar-refractivity contribution is 0.161. The number of likely N-dealkylation sites (tertiary alicyclic amines) is 1. The normalized spacial score (nSPS) is 19.8. The van der Waals surface area contributed by atoms with Crippen LogP contribution in [-0.4, -0.2) is 50.1 Å². The Morgan fingerprint density at radius 3 is 2.25 bits per heavy atom. The fourth-order valence-corrected chi connectivity index (χ4v) is 2.88. The van der Waals surface area contributed by atoms with Crippen LogP contribution in [0.15, 0.2) is 4.99 Å². The topological polar surface area (TPSA) is 39.7 Å². The molecule has 1 saturated heterocycles. The molecular weight excluding hydrogens is 248 g/mol. The molecule has 0 radical (unpaired) electrons. The van der Waals surface area contributed by atoms with E-state index in [0.717, 1.165) is 25.5 Å². The summed E-state index contributed by atoms with van der Waals surface area (Å²) < 4.78 is 0. The van der Waals surface area contributed by atoms with Gasteiger partial charge in [0.2, 0.25) is 0 Å². The highest BCUT2D eigenvalue weighted by Gasteiger charge is 2.22. The minimum atomic E-state index is 0.605. The first-order valence-corrected chi connectivity index (χ1v) is 8.37. The van der Waals surface area contributed by atoms with Gasteiger partial charge in [-0.05, 0) is 38.3 Å². The number of hydrogen-bond acceptors (Lipinski definition) is 2. The smallest absolute Gasteiger partial charge is 0.191 e. The second kappa shape index (κ2) is 10.0. The predicted molar refractivity (Wildman–Crippen MR) is 88.3 cm³/mol. The second-order valence-electron chi connectivity index (χ2n) is 6.14. The molecule has 0 amide bonds. The summed E-state index contributed by atoms with van der Waals surface area (Å²) in [6.07, 6.45) is 6.63. The van der Waals surface area contributed by atoms with Crippen molar-refractivity contribution in [3.63, 3.8) is 0 Å². The monoisotopic (exact) mass is 282 g/mol. The van der Waals surface area contributed by atoms with Gasteiger partial charge in [0.25, 0.3) is 0 Å². The lowest BCUT2D eigenvalue weighted by Crippen LogP contribution is -2.49. The van der Waals surface area contributed by atoms with Gasteiger partial charge in [0.1, 0.15) is 0 Å². The van der Waals surface area contributed by atoms with Gasteiger partial charge in [-0.15, -0.1) is 0 Å². The van der Waals surface area contributed by atoms with E-state index in [4.69, 9.17) is 0 Å². The zero-order chi connectivity index (χ0) is 14.8. The van der Waals surface area contributed by atoms with Crippen molar-refractivity contribution < 1.29 is 0 Å². The molecule has 118 valence electrons. The fourth-order valence-electron chi connectivity index (χ4n) is 2.88. The summed E-state index contributed by atoms with van der Waals surface area (Å²) in [5.41, 5.74) is 0. The van der Waals surface area contributed by atoms with Gasteiger partial charge in [-0.2, -0.15) is 0 Å². The molecule has 2 N–H and O–H groups in total. The van der Waals surface area contributed by atoms with Crippen LogP contribution in [0.5, 0.6) is 0 Å². The Balaban J connectivity index is 2.49. The average molecular weight is 282 g/mol. The molecule has 1 rings (SSSR count). The molecule has 20 heavy (non-hydrogen) atoms. The Morgan fingerprint density at radius 1 is 1.10 bits per heavy atom. The molecule has 0 aromatic heterocycles. The molecule has 0 spiro atoms. The molecular formula is C16H34N4. The number of nitrogens with zero attached hydrogens (tertiary/aromatic N) is 2. The summed E-state index contributed by atoms with van der Waals surface area (Å²) in [4.78, 5) is 6.97. The summed E-state index contributed by atoms with van der Waals surface area (Å²) in [7, 11) is 1.85. The minimum absolute atomic E-state index is 0.605. The highest BCUT2D eigenvalue weighted by atomic mass is 15.2. The molecule has 1 atom stereocenters. The van der Waals surface area contributed by atoms with Gasteiger partial charge < -0.3 is 10.6 Å². The van der Waals surface area contributed by atoms with Crippen molar-refractivity contribution in [1.82, 2.24) is 15.5 Å². The van der Waals surface area contributed by atoms with E-state index < -0.39 is 0 Å². The standard InChI is InChI=1S/C16H34N4/c1-5-10-18-16(17-4)19-13-15(14(2)3)20-11-8-6-7-9-12-20/h14-15H,5-13H2,1-4H3,(H2,17,18,19). The second-order valence-corrected chi connectivity index (χ2v) is 6.14. The number of rotatable bonds is 6. The van der Waals surface area contributed by atoms with Gasteiger partial charge in [0.05, 0.1) is 0 Å². The first-order valence-electron chi connectivity index (χ1n) is 8.37. The van der Waals surface area contributed by atoms with Crippen LogP contribution in [0, 0.1) is 5.92 Å². The Labute approximate surface area is 125 Å². The van der Waals surface area contributed by atoms with Crippen LogP contribution in [-0.2, 0) is 0 Å². The maximum Gasteiger partial charge on any atom is 0.191 e. The first kappa shape index (κ1) is 17.3. The van der Waals surface area contributed by atoms with Gasteiger partial charge in [-0.1, -0.05) is 33.6 Å². The molecule has 4 heteroatoms. The zero-order valence-electron chi connectivity index (χ0n) is 13.9. The van der Waals surface area contributed by atoms with Crippen molar-refractivity contribution in [3.8, 4) is 0 Å². The fraction of sp³-hybridized carbons (Fsp3) is 0.938. The van der Waals surface area contributed by atoms with Crippen LogP contribution >= 0.6 is 0 Å². The van der Waals surface area contributed by atoms with Crippen LogP contribution in [0.3, 0.4) is 0 Å². The molecule has 0 aliphatic carbocycles. The minimum Gasteiger partial charge on any atom is -0.356 e. The van der Waals surface area contributed by atoms with Crippen LogP contribution in [0.4, 0.5) is 0 Å². The van der Waals surface area contributed by atoms with E-state index in [1.807, 2.05) is 7.05 Å². The van der Waals surface area contributed by atoms with E-state index >= 15 is 0 Å².